The zero-order valence-electron chi connectivity index (χ0n) is 75.7. The first-order valence-electron chi connectivity index (χ1n) is 48.7. The van der Waals surface area contributed by atoms with Crippen LogP contribution in [0, 0.1) is 11.8 Å². The number of hydrogen-bond donors (Lipinski definition) is 10. The van der Waals surface area contributed by atoms with Crippen LogP contribution < -0.4 is 0 Å². The molecule has 20 unspecified atom stereocenters. The van der Waals surface area contributed by atoms with E-state index in [1.807, 2.05) is 0 Å². The summed E-state index contributed by atoms with van der Waals surface area (Å²) < 4.78 is 73.6. The van der Waals surface area contributed by atoms with Gasteiger partial charge in [-0.15, -0.1) is 0 Å². The molecule has 3 aliphatic rings. The lowest BCUT2D eigenvalue weighted by Crippen LogP contribution is -2.70. The molecule has 0 radical (unpaired) electrons. The number of allylic oxidation sites excluding steroid dienone is 2. The van der Waals surface area contributed by atoms with E-state index in [1.165, 1.54) is 193 Å². The summed E-state index contributed by atoms with van der Waals surface area (Å²) >= 11 is 0. The van der Waals surface area contributed by atoms with E-state index in [4.69, 9.17) is 46.9 Å². The van der Waals surface area contributed by atoms with Crippen LogP contribution in [0.2, 0.25) is 0 Å². The molecule has 2 saturated heterocycles. The topological polar surface area (TPSA) is 380 Å². The van der Waals surface area contributed by atoms with Crippen molar-refractivity contribution in [3.8, 4) is 0 Å². The Morgan fingerprint density at radius 1 is 0.350 bits per heavy atom. The molecule has 3 rings (SSSR count). The molecule has 1 aliphatic carbocycles. The molecule has 1 saturated carbocycles. The number of aliphatic hydroxyl groups excluding tert-OH is 9. The van der Waals surface area contributed by atoms with Gasteiger partial charge < -0.3 is 88.7 Å². The number of aliphatic hydroxyl groups is 9. The van der Waals surface area contributed by atoms with E-state index in [0.717, 1.165) is 122 Å². The monoisotopic (exact) mass is 1740 g/mol. The van der Waals surface area contributed by atoms with E-state index < -0.39 is 162 Å². The van der Waals surface area contributed by atoms with E-state index in [1.54, 1.807) is 0 Å². The van der Waals surface area contributed by atoms with Gasteiger partial charge in [0.15, 0.2) is 24.8 Å². The maximum Gasteiger partial charge on any atom is 0.472 e. The summed E-state index contributed by atoms with van der Waals surface area (Å²) in [4.78, 5) is 66.6. The summed E-state index contributed by atoms with van der Waals surface area (Å²) in [6, 6.07) is 0. The highest BCUT2D eigenvalue weighted by atomic mass is 31.2. The van der Waals surface area contributed by atoms with Crippen molar-refractivity contribution in [2.45, 2.75) is 525 Å². The first-order chi connectivity index (χ1) is 58.0. The van der Waals surface area contributed by atoms with E-state index >= 15 is 0 Å². The largest absolute Gasteiger partial charge is 0.472 e. The normalized spacial score (nSPS) is 25.3. The van der Waals surface area contributed by atoms with Crippen molar-refractivity contribution in [2.75, 3.05) is 26.4 Å². The molecule has 0 aromatic heterocycles. The highest BCUT2D eigenvalue weighted by Crippen LogP contribution is 2.49. The fourth-order valence-electron chi connectivity index (χ4n) is 16.4. The number of unbranched alkanes of at least 4 members (excludes halogenated alkanes) is 44. The molecule has 3 fully saturated rings. The third-order valence-electron chi connectivity index (χ3n) is 24.3. The minimum absolute atomic E-state index is 0.0152. The Labute approximate surface area is 724 Å². The van der Waals surface area contributed by atoms with Crippen molar-refractivity contribution in [1.29, 1.82) is 0 Å². The Hall–Kier alpha value is -2.79. The lowest BCUT2D eigenvalue weighted by Gasteiger charge is -2.50. The third kappa shape index (κ3) is 51.3. The molecule has 0 aromatic carbocycles. The molecule has 2 heterocycles. The second kappa shape index (κ2) is 71.2. The van der Waals surface area contributed by atoms with Crippen LogP contribution in [0.15, 0.2) is 12.2 Å². The smallest absolute Gasteiger partial charge is 0.463 e. The summed E-state index contributed by atoms with van der Waals surface area (Å²) in [5.74, 6) is -1.60. The van der Waals surface area contributed by atoms with Crippen molar-refractivity contribution in [3.63, 3.8) is 0 Å². The van der Waals surface area contributed by atoms with Gasteiger partial charge >= 0.3 is 31.7 Å². The fraction of sp³-hybridized carbons (Fsp3) is 0.936. The maximum absolute atomic E-state index is 14.9. The lowest BCUT2D eigenvalue weighted by atomic mass is 9.84. The lowest BCUT2D eigenvalue weighted by molar-refractivity contribution is -0.360. The van der Waals surface area contributed by atoms with Gasteiger partial charge in [0.25, 0.3) is 0 Å². The number of esters is 4. The van der Waals surface area contributed by atoms with Gasteiger partial charge in [-0.05, 0) is 63.2 Å². The molecule has 25 nitrogen and oxygen atoms in total. The van der Waals surface area contributed by atoms with Gasteiger partial charge in [0.1, 0.15) is 92.6 Å². The predicted molar refractivity (Wildman–Crippen MR) is 467 cm³/mol. The SMILES string of the molecule is CCCCCCCC/C=C\CCCCCC(=O)OC(COC(=O)CCCCCCCCC(C)CCCCCCCC)COP(=O)(O)OC1C(OC2OC(CO)C(O)C(O)C2O)C(O)C(O)C(OC(=O)CCCCCCCCCCCCCCCCCC)C1OC1OC(COC(=O)CCCCCCCCC(C)CCCCCCCC)C(O)C(O)C1O. The van der Waals surface area contributed by atoms with E-state index in [0.29, 0.717) is 50.4 Å². The van der Waals surface area contributed by atoms with Crippen molar-refractivity contribution in [2.24, 2.45) is 11.8 Å². The molecule has 706 valence electrons. The third-order valence-corrected chi connectivity index (χ3v) is 25.3. The van der Waals surface area contributed by atoms with Gasteiger partial charge in [-0.1, -0.05) is 355 Å². The van der Waals surface area contributed by atoms with Crippen LogP contribution in [0.4, 0.5) is 0 Å². The van der Waals surface area contributed by atoms with Gasteiger partial charge in [0.2, 0.25) is 0 Å². The second-order valence-corrected chi connectivity index (χ2v) is 36.9. The van der Waals surface area contributed by atoms with Crippen LogP contribution in [-0.4, -0.2) is 205 Å². The van der Waals surface area contributed by atoms with E-state index in [2.05, 4.69) is 53.7 Å². The number of ether oxygens (including phenoxy) is 8. The Morgan fingerprint density at radius 2 is 0.675 bits per heavy atom. The van der Waals surface area contributed by atoms with Crippen LogP contribution in [0.1, 0.15) is 420 Å². The molecule has 20 atom stereocenters. The quantitative estimate of drug-likeness (QED) is 0.00889. The highest BCUT2D eigenvalue weighted by Gasteiger charge is 2.60. The standard InChI is InChI=1S/C94H175O25P/c1-7-11-15-19-23-25-27-29-30-31-33-35-37-39-51-59-67-80(99)116-89-85(104)86(105)90(117-93-87(106)83(102)81(100)75(68-95)114-93)92(91(89)118-94-88(107)84(103)82(101)76(115-94)71-111-78(97)65-57-49-43-41-47-55-63-73(6)61-53-45-22-18-14-10-4)119-120(108,109)112-70-74(113-79(98)66-58-50-38-36-34-32-28-26-24-20-16-12-8-2)69-110-77(96)64-56-48-42-40-46-54-62-72(5)60-52-44-21-17-13-9-3/h32,34,72-76,81-95,100-107H,7-31,33,35-71H2,1-6H3,(H,108,109)/b34-32-. The molecule has 0 aromatic rings. The Bertz CT molecular complexity index is 2570. The maximum atomic E-state index is 14.9. The molecule has 26 heteroatoms. The van der Waals surface area contributed by atoms with Crippen LogP contribution in [0.3, 0.4) is 0 Å². The predicted octanol–water partition coefficient (Wildman–Crippen LogP) is 18.4. The molecule has 10 N–H and O–H groups in total. The summed E-state index contributed by atoms with van der Waals surface area (Å²) in [5, 5.41) is 103. The van der Waals surface area contributed by atoms with Crippen molar-refractivity contribution in [1.82, 2.24) is 0 Å². The van der Waals surface area contributed by atoms with Gasteiger partial charge in [0, 0.05) is 25.7 Å². The minimum Gasteiger partial charge on any atom is -0.463 e. The summed E-state index contributed by atoms with van der Waals surface area (Å²) in [5.41, 5.74) is 0. The molecule has 0 bridgehead atoms. The molecule has 0 spiro atoms. The summed E-state index contributed by atoms with van der Waals surface area (Å²) in [6.07, 6.45) is 27.7. The molecule has 0 amide bonds. The number of rotatable bonds is 78. The highest BCUT2D eigenvalue weighted by molar-refractivity contribution is 7.47. The van der Waals surface area contributed by atoms with Gasteiger partial charge in [-0.3, -0.25) is 28.2 Å². The Kier molecular flexibility index (Phi) is 66.1. The van der Waals surface area contributed by atoms with Gasteiger partial charge in [-0.2, -0.15) is 0 Å². The Morgan fingerprint density at radius 3 is 1.08 bits per heavy atom. The zero-order chi connectivity index (χ0) is 87.8. The number of carbonyl (C=O) groups excluding carboxylic acids is 4. The summed E-state index contributed by atoms with van der Waals surface area (Å²) in [7, 11) is -5.81. The number of phosphoric ester groups is 1. The van der Waals surface area contributed by atoms with Crippen LogP contribution in [-0.2, 0) is 70.7 Å². The van der Waals surface area contributed by atoms with Crippen molar-refractivity contribution < 1.29 is 122 Å². The zero-order valence-corrected chi connectivity index (χ0v) is 76.6. The average Bonchev–Trinajstić information content (AvgIpc) is 0.754. The van der Waals surface area contributed by atoms with E-state index in [9.17, 15) is 74.6 Å². The van der Waals surface area contributed by atoms with Crippen molar-refractivity contribution in [3.05, 3.63) is 12.2 Å². The fourth-order valence-corrected chi connectivity index (χ4v) is 17.4. The number of hydrogen-bond acceptors (Lipinski definition) is 24. The number of phosphoric acid groups is 1. The first-order valence-corrected chi connectivity index (χ1v) is 50.2. The summed E-state index contributed by atoms with van der Waals surface area (Å²) in [6.45, 7) is 10.3. The molecular weight excluding hydrogens is 1560 g/mol. The van der Waals surface area contributed by atoms with Crippen LogP contribution in [0.5, 0.6) is 0 Å². The van der Waals surface area contributed by atoms with E-state index in [-0.39, 0.29) is 25.7 Å². The van der Waals surface area contributed by atoms with Crippen LogP contribution in [0.25, 0.3) is 0 Å². The van der Waals surface area contributed by atoms with Gasteiger partial charge in [-0.25, -0.2) is 4.57 Å². The Balaban J connectivity index is 1.92. The minimum atomic E-state index is -5.81. The van der Waals surface area contributed by atoms with Crippen molar-refractivity contribution >= 4 is 31.7 Å². The molecule has 2 aliphatic heterocycles. The van der Waals surface area contributed by atoms with Crippen LogP contribution >= 0.6 is 7.82 Å². The second-order valence-electron chi connectivity index (χ2n) is 35.5. The number of carbonyl (C=O) groups is 4. The molecular formula is C94H175O25P. The van der Waals surface area contributed by atoms with Gasteiger partial charge in [0.05, 0.1) is 13.2 Å². The average molecular weight is 1740 g/mol. The molecule has 120 heavy (non-hydrogen) atoms. The first kappa shape index (κ1) is 111.